The highest BCUT2D eigenvalue weighted by Crippen LogP contribution is 2.30. The predicted molar refractivity (Wildman–Crippen MR) is 77.1 cm³/mol. The number of para-hydroxylation sites is 1. The number of anilines is 1. The van der Waals surface area contributed by atoms with E-state index in [9.17, 15) is 13.2 Å². The van der Waals surface area contributed by atoms with Gasteiger partial charge in [-0.3, -0.25) is 4.79 Å². The Kier molecular flexibility index (Phi) is 4.49. The van der Waals surface area contributed by atoms with Crippen molar-refractivity contribution in [2.24, 2.45) is 0 Å². The van der Waals surface area contributed by atoms with Gasteiger partial charge in [-0.05, 0) is 18.6 Å². The molecule has 0 aliphatic carbocycles. The van der Waals surface area contributed by atoms with Gasteiger partial charge in [-0.2, -0.15) is 0 Å². The molecule has 1 amide bonds. The molecule has 20 heavy (non-hydrogen) atoms. The number of carbonyl (C=O) groups is 1. The van der Waals surface area contributed by atoms with Crippen LogP contribution in [0.2, 0.25) is 0 Å². The second kappa shape index (κ2) is 6.13. The summed E-state index contributed by atoms with van der Waals surface area (Å²) in [5, 5.41) is 5.87. The van der Waals surface area contributed by atoms with Crippen LogP contribution in [-0.4, -0.2) is 46.0 Å². The van der Waals surface area contributed by atoms with Crippen molar-refractivity contribution in [3.05, 3.63) is 23.8 Å². The summed E-state index contributed by atoms with van der Waals surface area (Å²) in [7, 11) is -2.99. The Bertz CT molecular complexity index is 598. The number of rotatable bonds is 5. The minimum Gasteiger partial charge on any atom is -0.489 e. The number of fused-ring (bicyclic) bond motifs is 1. The highest BCUT2D eigenvalue weighted by atomic mass is 32.2. The van der Waals surface area contributed by atoms with E-state index >= 15 is 0 Å². The molecule has 1 heterocycles. The van der Waals surface area contributed by atoms with Crippen molar-refractivity contribution in [3.8, 4) is 5.75 Å². The maximum absolute atomic E-state index is 12.1. The van der Waals surface area contributed by atoms with Crippen molar-refractivity contribution < 1.29 is 17.9 Å². The molecule has 1 aliphatic rings. The second-order valence-electron chi connectivity index (χ2n) is 4.70. The minimum atomic E-state index is -2.99. The second-order valence-corrected chi connectivity index (χ2v) is 6.96. The largest absolute Gasteiger partial charge is 0.489 e. The van der Waals surface area contributed by atoms with Gasteiger partial charge in [0.25, 0.3) is 5.91 Å². The van der Waals surface area contributed by atoms with Crippen LogP contribution >= 0.6 is 0 Å². The maximum atomic E-state index is 12.1. The summed E-state index contributed by atoms with van der Waals surface area (Å²) >= 11 is 0. The number of sulfone groups is 1. The molecule has 0 radical (unpaired) electrons. The number of ether oxygens (including phenoxy) is 1. The van der Waals surface area contributed by atoms with Crippen LogP contribution in [0.5, 0.6) is 5.75 Å². The third-order valence-corrected chi connectivity index (χ3v) is 3.93. The van der Waals surface area contributed by atoms with Crippen molar-refractivity contribution in [1.82, 2.24) is 5.32 Å². The summed E-state index contributed by atoms with van der Waals surface area (Å²) in [5.74, 6) is 0.372. The van der Waals surface area contributed by atoms with Crippen LogP contribution in [0, 0.1) is 0 Å². The van der Waals surface area contributed by atoms with Crippen LogP contribution in [0.25, 0.3) is 0 Å². The molecule has 0 unspecified atom stereocenters. The number of amides is 1. The molecule has 0 spiro atoms. The molecule has 0 fully saturated rings. The molecule has 1 aromatic rings. The van der Waals surface area contributed by atoms with Crippen molar-refractivity contribution in [2.75, 3.05) is 37.0 Å². The Morgan fingerprint density at radius 1 is 1.45 bits per heavy atom. The van der Waals surface area contributed by atoms with Crippen LogP contribution < -0.4 is 15.4 Å². The summed E-state index contributed by atoms with van der Waals surface area (Å²) < 4.78 is 27.5. The quantitative estimate of drug-likeness (QED) is 0.780. The molecule has 7 heteroatoms. The first kappa shape index (κ1) is 14.6. The fourth-order valence-electron chi connectivity index (χ4n) is 1.98. The molecule has 0 bridgehead atoms. The molecule has 2 rings (SSSR count). The van der Waals surface area contributed by atoms with Crippen LogP contribution in [-0.2, 0) is 9.84 Å². The summed E-state index contributed by atoms with van der Waals surface area (Å²) in [6.07, 6.45) is 1.58. The fourth-order valence-corrected chi connectivity index (χ4v) is 2.65. The summed E-state index contributed by atoms with van der Waals surface area (Å²) in [4.78, 5) is 12.1. The molecule has 2 N–H and O–H groups in total. The van der Waals surface area contributed by atoms with Crippen LogP contribution in [0.3, 0.4) is 0 Å². The third kappa shape index (κ3) is 3.86. The first-order valence-electron chi connectivity index (χ1n) is 6.43. The predicted octanol–water partition coefficient (Wildman–Crippen LogP) is 0.655. The molecule has 0 saturated heterocycles. The number of benzene rings is 1. The van der Waals surface area contributed by atoms with Crippen LogP contribution in [0.15, 0.2) is 18.2 Å². The van der Waals surface area contributed by atoms with Gasteiger partial charge in [-0.25, -0.2) is 8.42 Å². The van der Waals surface area contributed by atoms with Gasteiger partial charge in [0, 0.05) is 19.3 Å². The fraction of sp³-hybridized carbons (Fsp3) is 0.462. The van der Waals surface area contributed by atoms with Gasteiger partial charge < -0.3 is 15.4 Å². The van der Waals surface area contributed by atoms with Crippen LogP contribution in [0.1, 0.15) is 16.8 Å². The Hall–Kier alpha value is -1.76. The topological polar surface area (TPSA) is 84.5 Å². The number of hydrogen-bond acceptors (Lipinski definition) is 5. The lowest BCUT2D eigenvalue weighted by atomic mass is 10.1. The van der Waals surface area contributed by atoms with E-state index in [1.807, 2.05) is 6.07 Å². The van der Waals surface area contributed by atoms with E-state index in [-0.39, 0.29) is 11.7 Å². The van der Waals surface area contributed by atoms with Crippen molar-refractivity contribution in [3.63, 3.8) is 0 Å². The molecular weight excluding hydrogens is 280 g/mol. The molecule has 0 atom stereocenters. The van der Waals surface area contributed by atoms with Crippen molar-refractivity contribution in [2.45, 2.75) is 6.42 Å². The average Bonchev–Trinajstić information content (AvgIpc) is 2.41. The number of hydrogen-bond donors (Lipinski definition) is 2. The zero-order chi connectivity index (χ0) is 14.6. The summed E-state index contributed by atoms with van der Waals surface area (Å²) in [6.45, 7) is 1.56. The molecule has 0 saturated carbocycles. The van der Waals surface area contributed by atoms with E-state index in [2.05, 4.69) is 10.6 Å². The number of nitrogens with one attached hydrogen (secondary N) is 2. The monoisotopic (exact) mass is 298 g/mol. The average molecular weight is 298 g/mol. The third-order valence-electron chi connectivity index (χ3n) is 2.90. The van der Waals surface area contributed by atoms with E-state index in [1.165, 1.54) is 6.26 Å². The van der Waals surface area contributed by atoms with E-state index in [0.717, 1.165) is 5.69 Å². The van der Waals surface area contributed by atoms with Gasteiger partial charge in [0.2, 0.25) is 0 Å². The maximum Gasteiger partial charge on any atom is 0.255 e. The Morgan fingerprint density at radius 3 is 3.00 bits per heavy atom. The van der Waals surface area contributed by atoms with Crippen molar-refractivity contribution in [1.29, 1.82) is 0 Å². The molecule has 110 valence electrons. The lowest BCUT2D eigenvalue weighted by Gasteiger charge is -2.21. The zero-order valence-corrected chi connectivity index (χ0v) is 12.1. The van der Waals surface area contributed by atoms with Crippen LogP contribution in [0.4, 0.5) is 5.69 Å². The summed E-state index contributed by atoms with van der Waals surface area (Å²) in [6, 6.07) is 5.33. The molecule has 0 aromatic heterocycles. The minimum absolute atomic E-state index is 0.0677. The Balaban J connectivity index is 1.96. The van der Waals surface area contributed by atoms with E-state index < -0.39 is 9.84 Å². The van der Waals surface area contributed by atoms with Gasteiger partial charge in [0.1, 0.15) is 16.4 Å². The highest BCUT2D eigenvalue weighted by Gasteiger charge is 2.18. The molecular formula is C13H18N2O4S. The molecule has 6 nitrogen and oxygen atoms in total. The van der Waals surface area contributed by atoms with Gasteiger partial charge in [0.05, 0.1) is 17.0 Å². The zero-order valence-electron chi connectivity index (χ0n) is 11.3. The van der Waals surface area contributed by atoms with Gasteiger partial charge in [0.15, 0.2) is 5.75 Å². The molecule has 1 aliphatic heterocycles. The summed E-state index contributed by atoms with van der Waals surface area (Å²) in [5.41, 5.74) is 1.27. The van der Waals surface area contributed by atoms with E-state index in [1.54, 1.807) is 12.1 Å². The standard InChI is InChI=1S/C13H18N2O4S/c1-20(17,18)9-3-6-15-13(16)10-4-2-5-11-12(10)19-8-7-14-11/h2,4-5,14H,3,6-9H2,1H3,(H,15,16). The van der Waals surface area contributed by atoms with Gasteiger partial charge >= 0.3 is 0 Å². The van der Waals surface area contributed by atoms with E-state index in [4.69, 9.17) is 4.74 Å². The number of carbonyl (C=O) groups excluding carboxylic acids is 1. The SMILES string of the molecule is CS(=O)(=O)CCCNC(=O)c1cccc2c1OCCN2. The van der Waals surface area contributed by atoms with Gasteiger partial charge in [-0.15, -0.1) is 0 Å². The van der Waals surface area contributed by atoms with Gasteiger partial charge in [-0.1, -0.05) is 6.07 Å². The first-order valence-corrected chi connectivity index (χ1v) is 8.49. The normalized spacial score (nSPS) is 13.8. The smallest absolute Gasteiger partial charge is 0.255 e. The van der Waals surface area contributed by atoms with E-state index in [0.29, 0.717) is 37.4 Å². The molecule has 1 aromatic carbocycles. The van der Waals surface area contributed by atoms with Crippen molar-refractivity contribution >= 4 is 21.4 Å². The Morgan fingerprint density at radius 2 is 2.25 bits per heavy atom. The lowest BCUT2D eigenvalue weighted by Crippen LogP contribution is -2.28. The first-order chi connectivity index (χ1) is 9.47. The Labute approximate surface area is 118 Å². The lowest BCUT2D eigenvalue weighted by molar-refractivity contribution is 0.0949. The highest BCUT2D eigenvalue weighted by molar-refractivity contribution is 7.90.